The Kier molecular flexibility index (Phi) is 5.25. The molecule has 104 valence electrons. The highest BCUT2D eigenvalue weighted by atomic mass is 16.5. The fourth-order valence-electron chi connectivity index (χ4n) is 2.54. The second kappa shape index (κ2) is 7.17. The SMILES string of the molecule is C[C@H]1CCCCN1C(=O)CCCOc1ccccc1. The van der Waals surface area contributed by atoms with Crippen molar-refractivity contribution in [1.82, 2.24) is 4.90 Å². The molecule has 1 saturated heterocycles. The molecule has 0 spiro atoms. The molecule has 3 nitrogen and oxygen atoms in total. The number of ether oxygens (including phenoxy) is 1. The standard InChI is InChI=1S/C16H23NO2/c1-14-8-5-6-12-17(14)16(18)11-7-13-19-15-9-3-2-4-10-15/h2-4,9-10,14H,5-8,11-13H2,1H3/t14-/m0/s1. The van der Waals surface area contributed by atoms with Gasteiger partial charge in [0.05, 0.1) is 6.61 Å². The van der Waals surface area contributed by atoms with Gasteiger partial charge in [0, 0.05) is 19.0 Å². The maximum absolute atomic E-state index is 12.1. The number of likely N-dealkylation sites (tertiary alicyclic amines) is 1. The van der Waals surface area contributed by atoms with Gasteiger partial charge in [-0.15, -0.1) is 0 Å². The van der Waals surface area contributed by atoms with Crippen molar-refractivity contribution in [2.24, 2.45) is 0 Å². The van der Waals surface area contributed by atoms with Crippen LogP contribution in [0.1, 0.15) is 39.0 Å². The van der Waals surface area contributed by atoms with Gasteiger partial charge in [0.15, 0.2) is 0 Å². The second-order valence-electron chi connectivity index (χ2n) is 5.20. The highest BCUT2D eigenvalue weighted by Gasteiger charge is 2.22. The van der Waals surface area contributed by atoms with Gasteiger partial charge >= 0.3 is 0 Å². The molecule has 1 aliphatic heterocycles. The summed E-state index contributed by atoms with van der Waals surface area (Å²) in [5.74, 6) is 1.16. The molecule has 0 unspecified atom stereocenters. The van der Waals surface area contributed by atoms with Gasteiger partial charge in [0.1, 0.15) is 5.75 Å². The Balaban J connectivity index is 1.66. The van der Waals surface area contributed by atoms with Crippen LogP contribution >= 0.6 is 0 Å². The summed E-state index contributed by atoms with van der Waals surface area (Å²) in [5, 5.41) is 0. The summed E-state index contributed by atoms with van der Waals surface area (Å²) in [6.45, 7) is 3.69. The summed E-state index contributed by atoms with van der Waals surface area (Å²) in [6.07, 6.45) is 4.93. The quantitative estimate of drug-likeness (QED) is 0.761. The number of rotatable bonds is 5. The zero-order valence-electron chi connectivity index (χ0n) is 11.7. The largest absolute Gasteiger partial charge is 0.494 e. The van der Waals surface area contributed by atoms with Crippen LogP contribution in [0, 0.1) is 0 Å². The molecule has 2 rings (SSSR count). The Morgan fingerprint density at radius 1 is 1.32 bits per heavy atom. The van der Waals surface area contributed by atoms with Crippen molar-refractivity contribution in [2.75, 3.05) is 13.2 Å². The number of para-hydroxylation sites is 1. The number of carbonyl (C=O) groups excluding carboxylic acids is 1. The van der Waals surface area contributed by atoms with E-state index in [1.807, 2.05) is 35.2 Å². The molecule has 1 heterocycles. The normalized spacial score (nSPS) is 19.2. The van der Waals surface area contributed by atoms with Crippen LogP contribution in [-0.2, 0) is 4.79 Å². The van der Waals surface area contributed by atoms with Crippen LogP contribution in [0.4, 0.5) is 0 Å². The molecule has 0 saturated carbocycles. The summed E-state index contributed by atoms with van der Waals surface area (Å²) >= 11 is 0. The molecule has 0 bridgehead atoms. The van der Waals surface area contributed by atoms with E-state index in [4.69, 9.17) is 4.74 Å². The summed E-state index contributed by atoms with van der Waals surface area (Å²) < 4.78 is 5.60. The van der Waals surface area contributed by atoms with Crippen LogP contribution in [-0.4, -0.2) is 30.0 Å². The van der Waals surface area contributed by atoms with Gasteiger partial charge in [0.2, 0.25) is 5.91 Å². The molecule has 1 fully saturated rings. The predicted molar refractivity (Wildman–Crippen MR) is 76.2 cm³/mol. The second-order valence-corrected chi connectivity index (χ2v) is 5.20. The lowest BCUT2D eigenvalue weighted by Gasteiger charge is -2.33. The topological polar surface area (TPSA) is 29.5 Å². The van der Waals surface area contributed by atoms with E-state index in [-0.39, 0.29) is 5.91 Å². The Hall–Kier alpha value is -1.51. The zero-order valence-corrected chi connectivity index (χ0v) is 11.7. The minimum Gasteiger partial charge on any atom is -0.494 e. The molecule has 3 heteroatoms. The predicted octanol–water partition coefficient (Wildman–Crippen LogP) is 3.25. The summed E-state index contributed by atoms with van der Waals surface area (Å²) in [5.41, 5.74) is 0. The van der Waals surface area contributed by atoms with Crippen LogP contribution < -0.4 is 4.74 Å². The number of carbonyl (C=O) groups is 1. The number of amides is 1. The van der Waals surface area contributed by atoms with Crippen LogP contribution in [0.3, 0.4) is 0 Å². The van der Waals surface area contributed by atoms with Gasteiger partial charge in [-0.1, -0.05) is 18.2 Å². The number of piperidine rings is 1. The van der Waals surface area contributed by atoms with Crippen molar-refractivity contribution in [3.05, 3.63) is 30.3 Å². The Labute approximate surface area is 115 Å². The fraction of sp³-hybridized carbons (Fsp3) is 0.562. The average Bonchev–Trinajstić information content (AvgIpc) is 2.45. The third-order valence-corrected chi connectivity index (χ3v) is 3.67. The Bertz CT molecular complexity index is 391. The van der Waals surface area contributed by atoms with Gasteiger partial charge in [-0.2, -0.15) is 0 Å². The van der Waals surface area contributed by atoms with Gasteiger partial charge in [-0.25, -0.2) is 0 Å². The third-order valence-electron chi connectivity index (χ3n) is 3.67. The van der Waals surface area contributed by atoms with E-state index >= 15 is 0 Å². The molecule has 1 aromatic carbocycles. The molecule has 0 aliphatic carbocycles. The van der Waals surface area contributed by atoms with Crippen LogP contribution in [0.5, 0.6) is 5.75 Å². The maximum Gasteiger partial charge on any atom is 0.222 e. The smallest absolute Gasteiger partial charge is 0.222 e. The van der Waals surface area contributed by atoms with Crippen molar-refractivity contribution in [1.29, 1.82) is 0 Å². The van der Waals surface area contributed by atoms with E-state index in [1.54, 1.807) is 0 Å². The van der Waals surface area contributed by atoms with Crippen LogP contribution in [0.15, 0.2) is 30.3 Å². The van der Waals surface area contributed by atoms with Crippen molar-refractivity contribution in [3.8, 4) is 5.75 Å². The lowest BCUT2D eigenvalue weighted by Crippen LogP contribution is -2.42. The molecule has 1 amide bonds. The molecule has 19 heavy (non-hydrogen) atoms. The van der Waals surface area contributed by atoms with Crippen molar-refractivity contribution in [3.63, 3.8) is 0 Å². The summed E-state index contributed by atoms with van der Waals surface area (Å²) in [4.78, 5) is 14.1. The molecule has 0 radical (unpaired) electrons. The maximum atomic E-state index is 12.1. The van der Waals surface area contributed by atoms with E-state index < -0.39 is 0 Å². The number of benzene rings is 1. The van der Waals surface area contributed by atoms with Crippen molar-refractivity contribution >= 4 is 5.91 Å². The minimum atomic E-state index is 0.281. The fourth-order valence-corrected chi connectivity index (χ4v) is 2.54. The van der Waals surface area contributed by atoms with Crippen molar-refractivity contribution in [2.45, 2.75) is 45.1 Å². The van der Waals surface area contributed by atoms with Crippen LogP contribution in [0.25, 0.3) is 0 Å². The molecule has 1 aliphatic rings. The molecular formula is C16H23NO2. The highest BCUT2D eigenvalue weighted by Crippen LogP contribution is 2.17. The minimum absolute atomic E-state index is 0.281. The summed E-state index contributed by atoms with van der Waals surface area (Å²) in [7, 11) is 0. The van der Waals surface area contributed by atoms with E-state index in [9.17, 15) is 4.79 Å². The number of hydrogen-bond donors (Lipinski definition) is 0. The lowest BCUT2D eigenvalue weighted by atomic mass is 10.0. The first kappa shape index (κ1) is 13.9. The van der Waals surface area contributed by atoms with E-state index in [0.717, 1.165) is 31.6 Å². The molecule has 0 aromatic heterocycles. The van der Waals surface area contributed by atoms with Gasteiger partial charge in [-0.05, 0) is 44.7 Å². The first-order chi connectivity index (χ1) is 9.27. The molecule has 0 N–H and O–H groups in total. The van der Waals surface area contributed by atoms with E-state index in [0.29, 0.717) is 19.1 Å². The molecule has 1 aromatic rings. The van der Waals surface area contributed by atoms with E-state index in [1.165, 1.54) is 6.42 Å². The third kappa shape index (κ3) is 4.27. The van der Waals surface area contributed by atoms with Crippen molar-refractivity contribution < 1.29 is 9.53 Å². The van der Waals surface area contributed by atoms with Gasteiger partial charge < -0.3 is 9.64 Å². The first-order valence-electron chi connectivity index (χ1n) is 7.24. The lowest BCUT2D eigenvalue weighted by molar-refractivity contribution is -0.134. The zero-order chi connectivity index (χ0) is 13.5. The molecular weight excluding hydrogens is 238 g/mol. The Morgan fingerprint density at radius 2 is 2.11 bits per heavy atom. The average molecular weight is 261 g/mol. The number of hydrogen-bond acceptors (Lipinski definition) is 2. The van der Waals surface area contributed by atoms with Crippen LogP contribution in [0.2, 0.25) is 0 Å². The first-order valence-corrected chi connectivity index (χ1v) is 7.24. The Morgan fingerprint density at radius 3 is 2.84 bits per heavy atom. The summed E-state index contributed by atoms with van der Waals surface area (Å²) in [6, 6.07) is 10.2. The van der Waals surface area contributed by atoms with Gasteiger partial charge in [0.25, 0.3) is 0 Å². The monoisotopic (exact) mass is 261 g/mol. The molecule has 1 atom stereocenters. The van der Waals surface area contributed by atoms with Gasteiger partial charge in [-0.3, -0.25) is 4.79 Å². The highest BCUT2D eigenvalue weighted by molar-refractivity contribution is 5.76. The van der Waals surface area contributed by atoms with E-state index in [2.05, 4.69) is 6.92 Å². The number of nitrogens with zero attached hydrogens (tertiary/aromatic N) is 1.